The van der Waals surface area contributed by atoms with Crippen LogP contribution < -0.4 is 0 Å². The number of hydrogen-bond donors (Lipinski definition) is 0. The van der Waals surface area contributed by atoms with Crippen LogP contribution in [0, 0.1) is 0 Å². The molecule has 0 spiro atoms. The maximum absolute atomic E-state index is 13.5. The first kappa shape index (κ1) is 13.6. The van der Waals surface area contributed by atoms with Gasteiger partial charge in [-0.3, -0.25) is 4.79 Å². The molecule has 0 amide bonds. The molecule has 1 aliphatic rings. The zero-order valence-corrected chi connectivity index (χ0v) is 10.2. The van der Waals surface area contributed by atoms with E-state index in [2.05, 4.69) is 4.74 Å². The number of benzene rings is 1. The molecule has 102 valence electrons. The molecule has 19 heavy (non-hydrogen) atoms. The molecule has 5 nitrogen and oxygen atoms in total. The minimum absolute atomic E-state index is 0.333. The number of hydrogen-bond acceptors (Lipinski definition) is 5. The quantitative estimate of drug-likeness (QED) is 0.766. The summed E-state index contributed by atoms with van der Waals surface area (Å²) in [6.45, 7) is -0.333. The van der Waals surface area contributed by atoms with Crippen LogP contribution in [-0.4, -0.2) is 44.0 Å². The predicted molar refractivity (Wildman–Crippen MR) is 62.3 cm³/mol. The SMILES string of the molecule is CO[C@H]1O[C@H](COC(=O)c2ccccc2)C(F)C1=O. The van der Waals surface area contributed by atoms with E-state index in [1.807, 2.05) is 0 Å². The lowest BCUT2D eigenvalue weighted by Crippen LogP contribution is -2.28. The van der Waals surface area contributed by atoms with E-state index in [4.69, 9.17) is 9.47 Å². The van der Waals surface area contributed by atoms with Gasteiger partial charge in [0.2, 0.25) is 12.1 Å². The fourth-order valence-corrected chi connectivity index (χ4v) is 1.72. The Bertz CT molecular complexity index is 461. The van der Waals surface area contributed by atoms with Gasteiger partial charge in [0.15, 0.2) is 6.17 Å². The van der Waals surface area contributed by atoms with Crippen molar-refractivity contribution in [3.8, 4) is 0 Å². The van der Waals surface area contributed by atoms with E-state index in [-0.39, 0.29) is 6.61 Å². The number of carbonyl (C=O) groups is 2. The lowest BCUT2D eigenvalue weighted by molar-refractivity contribution is -0.152. The molecule has 0 N–H and O–H groups in total. The molecule has 1 aromatic rings. The summed E-state index contributed by atoms with van der Waals surface area (Å²) in [5.41, 5.74) is 0.352. The smallest absolute Gasteiger partial charge is 0.338 e. The zero-order chi connectivity index (χ0) is 13.8. The lowest BCUT2D eigenvalue weighted by Gasteiger charge is -2.12. The summed E-state index contributed by atoms with van der Waals surface area (Å²) in [5, 5.41) is 0. The number of ether oxygens (including phenoxy) is 3. The van der Waals surface area contributed by atoms with Gasteiger partial charge in [-0.05, 0) is 12.1 Å². The average Bonchev–Trinajstić information content (AvgIpc) is 2.73. The number of Topliss-reactive ketones (excluding diaryl/α,β-unsaturated/α-hetero) is 1. The molecule has 1 saturated heterocycles. The molecule has 0 aliphatic carbocycles. The highest BCUT2D eigenvalue weighted by Crippen LogP contribution is 2.21. The van der Waals surface area contributed by atoms with Crippen molar-refractivity contribution >= 4 is 11.8 Å². The fourth-order valence-electron chi connectivity index (χ4n) is 1.72. The molecule has 0 bridgehead atoms. The Kier molecular flexibility index (Phi) is 4.24. The van der Waals surface area contributed by atoms with Crippen LogP contribution in [0.5, 0.6) is 0 Å². The molecule has 3 atom stereocenters. The Morgan fingerprint density at radius 1 is 1.37 bits per heavy atom. The molecule has 0 saturated carbocycles. The highest BCUT2D eigenvalue weighted by atomic mass is 19.1. The monoisotopic (exact) mass is 268 g/mol. The molecule has 0 aromatic heterocycles. The predicted octanol–water partition coefficient (Wildman–Crippen LogP) is 1.12. The first-order chi connectivity index (χ1) is 9.13. The summed E-state index contributed by atoms with van der Waals surface area (Å²) < 4.78 is 28.1. The second-order valence-electron chi connectivity index (χ2n) is 4.01. The van der Waals surface area contributed by atoms with Gasteiger partial charge in [-0.15, -0.1) is 0 Å². The molecule has 1 aromatic carbocycles. The van der Waals surface area contributed by atoms with E-state index in [1.165, 1.54) is 7.11 Å². The third-order valence-electron chi connectivity index (χ3n) is 2.73. The Morgan fingerprint density at radius 3 is 2.63 bits per heavy atom. The average molecular weight is 268 g/mol. The summed E-state index contributed by atoms with van der Waals surface area (Å²) in [6, 6.07) is 8.29. The van der Waals surface area contributed by atoms with Gasteiger partial charge in [0, 0.05) is 7.11 Å². The molecule has 2 rings (SSSR count). The van der Waals surface area contributed by atoms with Gasteiger partial charge in [0.1, 0.15) is 12.7 Å². The third kappa shape index (κ3) is 2.97. The van der Waals surface area contributed by atoms with E-state index in [1.54, 1.807) is 30.3 Å². The van der Waals surface area contributed by atoms with Crippen molar-refractivity contribution < 1.29 is 28.2 Å². The van der Waals surface area contributed by atoms with E-state index < -0.39 is 30.3 Å². The van der Waals surface area contributed by atoms with Crippen LogP contribution in [0.25, 0.3) is 0 Å². The van der Waals surface area contributed by atoms with Crippen LogP contribution in [-0.2, 0) is 19.0 Å². The summed E-state index contributed by atoms with van der Waals surface area (Å²) >= 11 is 0. The van der Waals surface area contributed by atoms with Crippen LogP contribution in [0.15, 0.2) is 30.3 Å². The molecule has 0 radical (unpaired) electrons. The van der Waals surface area contributed by atoms with E-state index in [0.29, 0.717) is 5.56 Å². The molecule has 1 fully saturated rings. The summed E-state index contributed by atoms with van der Waals surface area (Å²) in [4.78, 5) is 22.9. The normalized spacial score (nSPS) is 26.4. The Morgan fingerprint density at radius 2 is 2.05 bits per heavy atom. The number of alkyl halides is 1. The van der Waals surface area contributed by atoms with E-state index >= 15 is 0 Å². The van der Waals surface area contributed by atoms with Crippen molar-refractivity contribution in [1.29, 1.82) is 0 Å². The van der Waals surface area contributed by atoms with Crippen LogP contribution in [0.4, 0.5) is 4.39 Å². The molecule has 1 heterocycles. The van der Waals surface area contributed by atoms with Crippen LogP contribution >= 0.6 is 0 Å². The minimum Gasteiger partial charge on any atom is -0.459 e. The van der Waals surface area contributed by atoms with Crippen molar-refractivity contribution in [3.05, 3.63) is 35.9 Å². The van der Waals surface area contributed by atoms with Gasteiger partial charge in [0.25, 0.3) is 0 Å². The van der Waals surface area contributed by atoms with Crippen molar-refractivity contribution in [2.75, 3.05) is 13.7 Å². The number of ketones is 1. The number of rotatable bonds is 4. The highest BCUT2D eigenvalue weighted by Gasteiger charge is 2.44. The maximum Gasteiger partial charge on any atom is 0.338 e. The highest BCUT2D eigenvalue weighted by molar-refractivity contribution is 5.90. The molecule has 1 unspecified atom stereocenters. The maximum atomic E-state index is 13.5. The van der Waals surface area contributed by atoms with Gasteiger partial charge in [-0.25, -0.2) is 9.18 Å². The number of halogens is 1. The van der Waals surface area contributed by atoms with Gasteiger partial charge in [-0.1, -0.05) is 18.2 Å². The zero-order valence-electron chi connectivity index (χ0n) is 10.2. The largest absolute Gasteiger partial charge is 0.459 e. The van der Waals surface area contributed by atoms with Crippen molar-refractivity contribution in [2.45, 2.75) is 18.6 Å². The second-order valence-corrected chi connectivity index (χ2v) is 4.01. The van der Waals surface area contributed by atoms with Gasteiger partial charge in [0.05, 0.1) is 5.56 Å². The van der Waals surface area contributed by atoms with Gasteiger partial charge >= 0.3 is 5.97 Å². The summed E-state index contributed by atoms with van der Waals surface area (Å²) in [7, 11) is 1.24. The standard InChI is InChI=1S/C13H13FO5/c1-17-13-11(15)10(14)9(19-13)7-18-12(16)8-5-3-2-4-6-8/h2-6,9-10,13H,7H2,1H3/t9-,10?,13+/m1/s1. The molecule has 6 heteroatoms. The van der Waals surface area contributed by atoms with Crippen molar-refractivity contribution in [3.63, 3.8) is 0 Å². The minimum atomic E-state index is -1.84. The second kappa shape index (κ2) is 5.90. The number of methoxy groups -OCH3 is 1. The Hall–Kier alpha value is -1.79. The molecular formula is C13H13FO5. The Labute approximate surface area is 109 Å². The van der Waals surface area contributed by atoms with Crippen LogP contribution in [0.2, 0.25) is 0 Å². The Balaban J connectivity index is 1.90. The number of esters is 1. The first-order valence-corrected chi connectivity index (χ1v) is 5.71. The third-order valence-corrected chi connectivity index (χ3v) is 2.73. The van der Waals surface area contributed by atoms with Gasteiger partial charge < -0.3 is 14.2 Å². The van der Waals surface area contributed by atoms with Gasteiger partial charge in [-0.2, -0.15) is 0 Å². The molecular weight excluding hydrogens is 255 g/mol. The van der Waals surface area contributed by atoms with E-state index in [9.17, 15) is 14.0 Å². The first-order valence-electron chi connectivity index (χ1n) is 5.71. The topological polar surface area (TPSA) is 61.8 Å². The summed E-state index contributed by atoms with van der Waals surface area (Å²) in [5.74, 6) is -1.38. The summed E-state index contributed by atoms with van der Waals surface area (Å²) in [6.07, 6.45) is -4.19. The fraction of sp³-hybridized carbons (Fsp3) is 0.385. The van der Waals surface area contributed by atoms with Crippen LogP contribution in [0.3, 0.4) is 0 Å². The van der Waals surface area contributed by atoms with E-state index in [0.717, 1.165) is 0 Å². The van der Waals surface area contributed by atoms with Crippen molar-refractivity contribution in [1.82, 2.24) is 0 Å². The lowest BCUT2D eigenvalue weighted by atomic mass is 10.2. The van der Waals surface area contributed by atoms with Crippen LogP contribution in [0.1, 0.15) is 10.4 Å². The molecule has 1 aliphatic heterocycles. The number of carbonyl (C=O) groups excluding carboxylic acids is 2. The van der Waals surface area contributed by atoms with Crippen molar-refractivity contribution in [2.24, 2.45) is 0 Å².